The lowest BCUT2D eigenvalue weighted by Gasteiger charge is -2.16. The molecule has 0 aliphatic heterocycles. The molecule has 2 N–H and O–H groups in total. The normalized spacial score (nSPS) is 15.8. The quantitative estimate of drug-likeness (QED) is 0.822. The van der Waals surface area contributed by atoms with Crippen molar-refractivity contribution in [2.75, 3.05) is 0 Å². The van der Waals surface area contributed by atoms with E-state index < -0.39 is 5.97 Å². The third-order valence-corrected chi connectivity index (χ3v) is 3.39. The first kappa shape index (κ1) is 13.5. The Bertz CT molecular complexity index is 466. The van der Waals surface area contributed by atoms with E-state index in [0.717, 1.165) is 18.8 Å². The minimum atomic E-state index is -1.09. The molecule has 0 aromatic carbocycles. The van der Waals surface area contributed by atoms with Crippen LogP contribution in [-0.2, 0) is 0 Å². The summed E-state index contributed by atoms with van der Waals surface area (Å²) in [4.78, 5) is 26.4. The highest BCUT2D eigenvalue weighted by atomic mass is 16.4. The average Bonchev–Trinajstić information content (AvgIpc) is 3.22. The van der Waals surface area contributed by atoms with E-state index in [4.69, 9.17) is 5.11 Å². The number of nitrogens with one attached hydrogen (secondary N) is 1. The molecule has 1 heterocycles. The van der Waals surface area contributed by atoms with Crippen molar-refractivity contribution in [1.29, 1.82) is 0 Å². The van der Waals surface area contributed by atoms with E-state index in [1.807, 2.05) is 0 Å². The summed E-state index contributed by atoms with van der Waals surface area (Å²) in [6.07, 6.45) is 5.77. The Hall–Kier alpha value is -1.91. The van der Waals surface area contributed by atoms with Crippen LogP contribution in [0.4, 0.5) is 0 Å². The number of aromatic carboxylic acids is 1. The lowest BCUT2D eigenvalue weighted by Crippen LogP contribution is -2.34. The molecule has 2 rings (SSSR count). The van der Waals surface area contributed by atoms with Crippen LogP contribution in [0.2, 0.25) is 0 Å². The summed E-state index contributed by atoms with van der Waals surface area (Å²) in [5.41, 5.74) is 0.348. The fourth-order valence-corrected chi connectivity index (χ4v) is 2.01. The molecule has 5 heteroatoms. The Morgan fingerprint density at radius 1 is 1.47 bits per heavy atom. The highest BCUT2D eigenvalue weighted by molar-refractivity contribution is 5.95. The van der Waals surface area contributed by atoms with E-state index in [0.29, 0.717) is 5.56 Å². The summed E-state index contributed by atoms with van der Waals surface area (Å²) in [7, 11) is 0. The van der Waals surface area contributed by atoms with Gasteiger partial charge in [-0.2, -0.15) is 0 Å². The maximum Gasteiger partial charge on any atom is 0.354 e. The summed E-state index contributed by atoms with van der Waals surface area (Å²) >= 11 is 0. The van der Waals surface area contributed by atoms with Crippen LogP contribution in [0, 0.1) is 5.92 Å². The third-order valence-electron chi connectivity index (χ3n) is 3.39. The number of hydrogen-bond acceptors (Lipinski definition) is 3. The molecule has 0 bridgehead atoms. The van der Waals surface area contributed by atoms with Gasteiger partial charge in [0.25, 0.3) is 5.91 Å². The van der Waals surface area contributed by atoms with E-state index in [1.165, 1.54) is 31.2 Å². The number of pyridine rings is 1. The molecule has 1 fully saturated rings. The average molecular weight is 262 g/mol. The minimum Gasteiger partial charge on any atom is -0.477 e. The summed E-state index contributed by atoms with van der Waals surface area (Å²) in [6.45, 7) is 2.05. The highest BCUT2D eigenvalue weighted by Crippen LogP contribution is 2.34. The van der Waals surface area contributed by atoms with Crippen molar-refractivity contribution in [1.82, 2.24) is 10.3 Å². The van der Waals surface area contributed by atoms with Gasteiger partial charge in [0.15, 0.2) is 0 Å². The first-order valence-electron chi connectivity index (χ1n) is 6.60. The number of hydrogen-bond donors (Lipinski definition) is 2. The van der Waals surface area contributed by atoms with Crippen LogP contribution in [0.15, 0.2) is 18.3 Å². The number of aromatic nitrogens is 1. The molecule has 1 aromatic rings. The molecule has 19 heavy (non-hydrogen) atoms. The van der Waals surface area contributed by atoms with Crippen LogP contribution < -0.4 is 5.32 Å². The van der Waals surface area contributed by atoms with Crippen molar-refractivity contribution in [2.24, 2.45) is 5.92 Å². The molecule has 1 saturated carbocycles. The molecule has 1 aliphatic carbocycles. The molecule has 1 unspecified atom stereocenters. The maximum atomic E-state index is 12.0. The van der Waals surface area contributed by atoms with Crippen molar-refractivity contribution in [3.05, 3.63) is 29.6 Å². The third kappa shape index (κ3) is 3.77. The molecule has 0 saturated heterocycles. The smallest absolute Gasteiger partial charge is 0.354 e. The van der Waals surface area contributed by atoms with Crippen LogP contribution in [0.25, 0.3) is 0 Å². The lowest BCUT2D eigenvalue weighted by atomic mass is 10.1. The maximum absolute atomic E-state index is 12.0. The molecular weight excluding hydrogens is 244 g/mol. The van der Waals surface area contributed by atoms with Gasteiger partial charge >= 0.3 is 5.97 Å². The predicted octanol–water partition coefficient (Wildman–Crippen LogP) is 2.09. The Kier molecular flexibility index (Phi) is 4.14. The molecule has 1 aliphatic rings. The summed E-state index contributed by atoms with van der Waals surface area (Å²) in [6, 6.07) is 3.04. The Morgan fingerprint density at radius 3 is 2.68 bits per heavy atom. The van der Waals surface area contributed by atoms with Gasteiger partial charge in [-0.05, 0) is 30.9 Å². The second-order valence-corrected chi connectivity index (χ2v) is 4.99. The van der Waals surface area contributed by atoms with Gasteiger partial charge in [0.2, 0.25) is 0 Å². The summed E-state index contributed by atoms with van der Waals surface area (Å²) in [5.74, 6) is -0.512. The Labute approximate surface area is 112 Å². The molecule has 1 atom stereocenters. The zero-order valence-electron chi connectivity index (χ0n) is 10.9. The lowest BCUT2D eigenvalue weighted by molar-refractivity contribution is 0.0689. The van der Waals surface area contributed by atoms with Crippen LogP contribution >= 0.6 is 0 Å². The van der Waals surface area contributed by atoms with Gasteiger partial charge in [0, 0.05) is 12.2 Å². The monoisotopic (exact) mass is 262 g/mol. The van der Waals surface area contributed by atoms with Gasteiger partial charge in [-0.3, -0.25) is 4.79 Å². The Balaban J connectivity index is 1.95. The SMILES string of the molecule is CCC(CC1CC1)NC(=O)c1ccc(C(=O)O)nc1. The predicted molar refractivity (Wildman–Crippen MR) is 70.1 cm³/mol. The molecular formula is C14H18N2O3. The van der Waals surface area contributed by atoms with Crippen LogP contribution in [0.5, 0.6) is 0 Å². The van der Waals surface area contributed by atoms with Crippen LogP contribution in [-0.4, -0.2) is 28.0 Å². The van der Waals surface area contributed by atoms with Crippen molar-refractivity contribution in [3.8, 4) is 0 Å². The van der Waals surface area contributed by atoms with Crippen molar-refractivity contribution >= 4 is 11.9 Å². The number of carbonyl (C=O) groups excluding carboxylic acids is 1. The van der Waals surface area contributed by atoms with Gasteiger partial charge in [0.05, 0.1) is 5.56 Å². The zero-order chi connectivity index (χ0) is 13.8. The molecule has 102 valence electrons. The molecule has 1 aromatic heterocycles. The van der Waals surface area contributed by atoms with E-state index in [2.05, 4.69) is 17.2 Å². The molecule has 0 radical (unpaired) electrons. The van der Waals surface area contributed by atoms with E-state index in [-0.39, 0.29) is 17.6 Å². The highest BCUT2D eigenvalue weighted by Gasteiger charge is 2.25. The first-order chi connectivity index (χ1) is 9.10. The topological polar surface area (TPSA) is 79.3 Å². The van der Waals surface area contributed by atoms with Gasteiger partial charge in [-0.25, -0.2) is 9.78 Å². The van der Waals surface area contributed by atoms with E-state index >= 15 is 0 Å². The van der Waals surface area contributed by atoms with E-state index in [9.17, 15) is 9.59 Å². The second-order valence-electron chi connectivity index (χ2n) is 4.99. The van der Waals surface area contributed by atoms with Crippen molar-refractivity contribution in [2.45, 2.75) is 38.6 Å². The standard InChI is InChI=1S/C14H18N2O3/c1-2-11(7-9-3-4-9)16-13(17)10-5-6-12(14(18)19)15-8-10/h5-6,8-9,11H,2-4,7H2,1H3,(H,16,17)(H,18,19). The van der Waals surface area contributed by atoms with Crippen LogP contribution in [0.1, 0.15) is 53.5 Å². The van der Waals surface area contributed by atoms with Gasteiger partial charge in [-0.15, -0.1) is 0 Å². The molecule has 0 spiro atoms. The largest absolute Gasteiger partial charge is 0.477 e. The minimum absolute atomic E-state index is 0.0541. The number of amides is 1. The zero-order valence-corrected chi connectivity index (χ0v) is 10.9. The fourth-order valence-electron chi connectivity index (χ4n) is 2.01. The number of carbonyl (C=O) groups is 2. The van der Waals surface area contributed by atoms with Crippen LogP contribution in [0.3, 0.4) is 0 Å². The second kappa shape index (κ2) is 5.82. The number of carboxylic acid groups (broad SMARTS) is 1. The molecule has 1 amide bonds. The van der Waals surface area contributed by atoms with Gasteiger partial charge in [-0.1, -0.05) is 19.8 Å². The van der Waals surface area contributed by atoms with Gasteiger partial charge in [0.1, 0.15) is 5.69 Å². The number of nitrogens with zero attached hydrogens (tertiary/aromatic N) is 1. The van der Waals surface area contributed by atoms with Crippen molar-refractivity contribution < 1.29 is 14.7 Å². The molecule has 5 nitrogen and oxygen atoms in total. The first-order valence-corrected chi connectivity index (χ1v) is 6.60. The van der Waals surface area contributed by atoms with E-state index in [1.54, 1.807) is 0 Å². The van der Waals surface area contributed by atoms with Gasteiger partial charge < -0.3 is 10.4 Å². The number of rotatable bonds is 6. The van der Waals surface area contributed by atoms with Crippen molar-refractivity contribution in [3.63, 3.8) is 0 Å². The number of carboxylic acids is 1. The summed E-state index contributed by atoms with van der Waals surface area (Å²) in [5, 5.41) is 11.7. The summed E-state index contributed by atoms with van der Waals surface area (Å²) < 4.78 is 0. The Morgan fingerprint density at radius 2 is 2.21 bits per heavy atom. The fraction of sp³-hybridized carbons (Fsp3) is 0.500.